The SMILES string of the molecule is C.CC1(C(=O)NCc2ccccc2)COC(=O)OC1.NCc1ccccc1.[3H]CCC. The van der Waals surface area contributed by atoms with Crippen LogP contribution >= 0.6 is 0 Å². The Kier molecular flexibility index (Phi) is 12.6. The predicted octanol–water partition coefficient (Wildman–Crippen LogP) is 4.67. The number of hydrogen-bond donors (Lipinski definition) is 2. The second-order valence-electron chi connectivity index (χ2n) is 6.75. The quantitative estimate of drug-likeness (QED) is 0.704. The maximum atomic E-state index is 12.0. The van der Waals surface area contributed by atoms with Gasteiger partial charge in [-0.2, -0.15) is 0 Å². The van der Waals surface area contributed by atoms with E-state index in [1.54, 1.807) is 6.92 Å². The lowest BCUT2D eigenvalue weighted by atomic mass is 9.91. The van der Waals surface area contributed by atoms with Gasteiger partial charge in [-0.3, -0.25) is 4.79 Å². The van der Waals surface area contributed by atoms with E-state index in [0.29, 0.717) is 20.0 Å². The fourth-order valence-corrected chi connectivity index (χ4v) is 2.26. The molecule has 1 saturated heterocycles. The van der Waals surface area contributed by atoms with E-state index in [1.165, 1.54) is 5.56 Å². The third kappa shape index (κ3) is 10.1. The number of rotatable bonds is 4. The van der Waals surface area contributed by atoms with Crippen LogP contribution in [0.5, 0.6) is 0 Å². The fourth-order valence-electron chi connectivity index (χ4n) is 2.26. The first-order chi connectivity index (χ1) is 14.4. The highest BCUT2D eigenvalue weighted by atomic mass is 16.7. The van der Waals surface area contributed by atoms with Gasteiger partial charge in [0.1, 0.15) is 18.6 Å². The van der Waals surface area contributed by atoms with E-state index in [2.05, 4.69) is 5.32 Å². The minimum atomic E-state index is -0.817. The van der Waals surface area contributed by atoms with Crippen molar-refractivity contribution in [2.24, 2.45) is 11.1 Å². The molecule has 0 unspecified atom stereocenters. The summed E-state index contributed by atoms with van der Waals surface area (Å²) in [6, 6.07) is 19.6. The lowest BCUT2D eigenvalue weighted by Gasteiger charge is -2.30. The van der Waals surface area contributed by atoms with Gasteiger partial charge < -0.3 is 20.5 Å². The molecule has 6 heteroatoms. The number of hydrogen-bond acceptors (Lipinski definition) is 5. The molecule has 0 atom stereocenters. The molecule has 2 aromatic carbocycles. The third-order valence-corrected chi connectivity index (χ3v) is 3.94. The van der Waals surface area contributed by atoms with E-state index in [4.69, 9.17) is 16.6 Å². The van der Waals surface area contributed by atoms with E-state index in [-0.39, 0.29) is 26.5 Å². The van der Waals surface area contributed by atoms with Crippen LogP contribution in [0.3, 0.4) is 0 Å². The summed E-state index contributed by atoms with van der Waals surface area (Å²) in [5.74, 6) is -0.182. The smallest absolute Gasteiger partial charge is 0.433 e. The lowest BCUT2D eigenvalue weighted by molar-refractivity contribution is -0.141. The Morgan fingerprint density at radius 2 is 1.53 bits per heavy atom. The van der Waals surface area contributed by atoms with E-state index in [1.807, 2.05) is 67.6 Å². The van der Waals surface area contributed by atoms with Crippen LogP contribution in [0, 0.1) is 5.41 Å². The largest absolute Gasteiger partial charge is 0.508 e. The summed E-state index contributed by atoms with van der Waals surface area (Å²) in [5, 5.41) is 2.81. The van der Waals surface area contributed by atoms with Crippen molar-refractivity contribution in [3.63, 3.8) is 0 Å². The maximum absolute atomic E-state index is 12.0. The highest BCUT2D eigenvalue weighted by Gasteiger charge is 2.40. The van der Waals surface area contributed by atoms with Crippen LogP contribution in [0.4, 0.5) is 4.79 Å². The molecule has 1 aliphatic rings. The summed E-state index contributed by atoms with van der Waals surface area (Å²) in [6.45, 7) is 5.45. The molecule has 2 aromatic rings. The Labute approximate surface area is 182 Å². The summed E-state index contributed by atoms with van der Waals surface area (Å²) < 4.78 is 15.9. The average Bonchev–Trinajstić information content (AvgIpc) is 2.81. The van der Waals surface area contributed by atoms with Crippen LogP contribution in [0.2, 0.25) is 0 Å². The van der Waals surface area contributed by atoms with E-state index < -0.39 is 11.6 Å². The Hall–Kier alpha value is -2.86. The number of carbonyl (C=O) groups excluding carboxylic acids is 2. The van der Waals surface area contributed by atoms with Gasteiger partial charge in [0.25, 0.3) is 0 Å². The van der Waals surface area contributed by atoms with Gasteiger partial charge in [0.2, 0.25) is 5.91 Å². The molecular weight excluding hydrogens is 380 g/mol. The van der Waals surface area contributed by atoms with Crippen LogP contribution in [0.1, 0.15) is 47.1 Å². The minimum Gasteiger partial charge on any atom is -0.433 e. The molecule has 1 aliphatic heterocycles. The lowest BCUT2D eigenvalue weighted by Crippen LogP contribution is -2.48. The summed E-state index contributed by atoms with van der Waals surface area (Å²) in [4.78, 5) is 22.8. The van der Waals surface area contributed by atoms with Gasteiger partial charge in [-0.1, -0.05) is 88.3 Å². The molecule has 1 fully saturated rings. The van der Waals surface area contributed by atoms with Crippen LogP contribution in [-0.4, -0.2) is 25.3 Å². The number of carbonyl (C=O) groups is 2. The first-order valence-corrected chi connectivity index (χ1v) is 9.60. The highest BCUT2D eigenvalue weighted by Crippen LogP contribution is 2.22. The number of nitrogens with two attached hydrogens (primary N) is 1. The van der Waals surface area contributed by atoms with Gasteiger partial charge in [-0.05, 0) is 18.1 Å². The second kappa shape index (κ2) is 15.0. The van der Waals surface area contributed by atoms with Gasteiger partial charge in [-0.25, -0.2) is 4.79 Å². The normalized spacial score (nSPS) is 14.0. The topological polar surface area (TPSA) is 90.6 Å². The van der Waals surface area contributed by atoms with Crippen molar-refractivity contribution in [2.75, 3.05) is 13.2 Å². The standard InChI is InChI=1S/C13H15NO4.C7H9N.C3H8.CH4/c1-13(8-17-12(16)18-9-13)11(15)14-7-10-5-3-2-4-6-10;8-6-7-4-2-1-3-5-7;1-3-2;/h2-6H,7-9H2,1H3,(H,14,15);1-5H,6,8H2;3H2,1-2H3;1H4/i;;1T;. The number of nitrogens with one attached hydrogen (secondary N) is 1. The van der Waals surface area contributed by atoms with Gasteiger partial charge in [0.05, 0.1) is 0 Å². The molecule has 0 spiro atoms. The summed E-state index contributed by atoms with van der Waals surface area (Å²) in [5.41, 5.74) is 6.74. The molecule has 0 radical (unpaired) electrons. The van der Waals surface area contributed by atoms with Gasteiger partial charge in [0, 0.05) is 14.5 Å². The first-order valence-electron chi connectivity index (χ1n) is 10.3. The average molecular weight is 419 g/mol. The third-order valence-electron chi connectivity index (χ3n) is 3.94. The van der Waals surface area contributed by atoms with Crippen molar-refractivity contribution >= 4 is 12.1 Å². The summed E-state index contributed by atoms with van der Waals surface area (Å²) in [7, 11) is 0. The summed E-state index contributed by atoms with van der Waals surface area (Å²) in [6.07, 6.45) is 0.267. The van der Waals surface area contributed by atoms with Gasteiger partial charge >= 0.3 is 6.16 Å². The molecule has 1 heterocycles. The number of cyclic esters (lactones) is 2. The Morgan fingerprint density at radius 1 is 1.07 bits per heavy atom. The van der Waals surface area contributed by atoms with Crippen LogP contribution in [0.25, 0.3) is 0 Å². The maximum Gasteiger partial charge on any atom is 0.508 e. The van der Waals surface area contributed by atoms with Crippen molar-refractivity contribution in [1.29, 1.82) is 0 Å². The Balaban J connectivity index is 0.000000576. The monoisotopic (exact) mass is 418 g/mol. The molecule has 0 aromatic heterocycles. The molecule has 1 amide bonds. The van der Waals surface area contributed by atoms with Crippen LogP contribution < -0.4 is 11.1 Å². The highest BCUT2D eigenvalue weighted by molar-refractivity contribution is 5.83. The zero-order valence-electron chi connectivity index (χ0n) is 18.2. The molecule has 3 N–H and O–H groups in total. The van der Waals surface area contributed by atoms with Gasteiger partial charge in [0.15, 0.2) is 0 Å². The van der Waals surface area contributed by atoms with Crippen LogP contribution in [0.15, 0.2) is 60.7 Å². The molecule has 6 nitrogen and oxygen atoms in total. The molecule has 3 rings (SSSR count). The van der Waals surface area contributed by atoms with E-state index in [0.717, 1.165) is 12.0 Å². The molecule has 0 aliphatic carbocycles. The molecular formula is C24H36N2O4. The van der Waals surface area contributed by atoms with E-state index in [9.17, 15) is 9.59 Å². The van der Waals surface area contributed by atoms with Crippen molar-refractivity contribution in [3.05, 3.63) is 71.8 Å². The Bertz CT molecular complexity index is 730. The number of amides is 1. The van der Waals surface area contributed by atoms with Gasteiger partial charge in [-0.15, -0.1) is 0 Å². The zero-order valence-corrected chi connectivity index (χ0v) is 17.2. The first kappa shape index (κ1) is 25.2. The zero-order chi connectivity index (χ0) is 22.2. The van der Waals surface area contributed by atoms with Crippen molar-refractivity contribution in [1.82, 2.24) is 5.32 Å². The molecule has 30 heavy (non-hydrogen) atoms. The van der Waals surface area contributed by atoms with Crippen molar-refractivity contribution in [2.45, 2.75) is 47.7 Å². The Morgan fingerprint density at radius 3 is 1.93 bits per heavy atom. The second-order valence-corrected chi connectivity index (χ2v) is 6.75. The van der Waals surface area contributed by atoms with Crippen molar-refractivity contribution in [3.8, 4) is 0 Å². The molecule has 166 valence electrons. The number of ether oxygens (including phenoxy) is 2. The van der Waals surface area contributed by atoms with Crippen molar-refractivity contribution < 1.29 is 20.4 Å². The minimum absolute atomic E-state index is 0. The number of benzene rings is 2. The van der Waals surface area contributed by atoms with Crippen LogP contribution in [-0.2, 0) is 27.4 Å². The summed E-state index contributed by atoms with van der Waals surface area (Å²) >= 11 is 0. The molecule has 0 saturated carbocycles. The fraction of sp³-hybridized carbons (Fsp3) is 0.417. The van der Waals surface area contributed by atoms with E-state index >= 15 is 0 Å². The predicted molar refractivity (Wildman–Crippen MR) is 121 cm³/mol. The molecule has 0 bridgehead atoms.